The first-order valence-electron chi connectivity index (χ1n) is 7.93. The maximum absolute atomic E-state index is 10.9. The number of rotatable bonds is 5. The van der Waals surface area contributed by atoms with E-state index in [0.717, 1.165) is 22.9 Å². The van der Waals surface area contributed by atoms with Crippen LogP contribution in [-0.2, 0) is 0 Å². The standard InChI is InChI=1S/C18H19N5O2.Li.H/c1-11(2)23-12(3)20-10-16(23)15-8-9-19-18(22-15)21-14-6-4-13(5-7-14)17(24)25;;/h4-11H,1-3H3,(H,24,25)(H,19,21,22);;/q;+1;-1. The second-order valence-corrected chi connectivity index (χ2v) is 5.93. The van der Waals surface area contributed by atoms with Crippen molar-refractivity contribution in [3.8, 4) is 11.4 Å². The Morgan fingerprint density at radius 3 is 2.50 bits per heavy atom. The fourth-order valence-electron chi connectivity index (χ4n) is 2.68. The summed E-state index contributed by atoms with van der Waals surface area (Å²) >= 11 is 0. The van der Waals surface area contributed by atoms with Crippen LogP contribution in [0.25, 0.3) is 11.4 Å². The number of aryl methyl sites for hydroxylation is 1. The Morgan fingerprint density at radius 2 is 1.88 bits per heavy atom. The molecule has 0 saturated heterocycles. The van der Waals surface area contributed by atoms with Gasteiger partial charge in [-0.25, -0.2) is 19.7 Å². The molecule has 0 aliphatic carbocycles. The van der Waals surface area contributed by atoms with Gasteiger partial charge in [0.25, 0.3) is 0 Å². The molecule has 0 aliphatic rings. The van der Waals surface area contributed by atoms with E-state index < -0.39 is 5.97 Å². The molecule has 0 atom stereocenters. The normalized spacial score (nSPS) is 10.5. The van der Waals surface area contributed by atoms with Crippen LogP contribution in [0.4, 0.5) is 11.6 Å². The van der Waals surface area contributed by atoms with E-state index in [4.69, 9.17) is 5.11 Å². The molecule has 3 aromatic rings. The number of hydrogen-bond acceptors (Lipinski definition) is 5. The second kappa shape index (κ2) is 8.17. The summed E-state index contributed by atoms with van der Waals surface area (Å²) < 4.78 is 2.12. The summed E-state index contributed by atoms with van der Waals surface area (Å²) in [6, 6.07) is 8.54. The number of aromatic carboxylic acids is 1. The van der Waals surface area contributed by atoms with Gasteiger partial charge in [-0.2, -0.15) is 0 Å². The SMILES string of the molecule is Cc1ncc(-c2ccnc(Nc3ccc(C(=O)O)cc3)n2)n1C(C)C.[H-].[Li+]. The first-order chi connectivity index (χ1) is 12.0. The minimum absolute atomic E-state index is 0. The molecule has 26 heavy (non-hydrogen) atoms. The first-order valence-corrected chi connectivity index (χ1v) is 7.93. The molecule has 2 aromatic heterocycles. The Morgan fingerprint density at radius 1 is 1.19 bits per heavy atom. The second-order valence-electron chi connectivity index (χ2n) is 5.93. The van der Waals surface area contributed by atoms with Crippen molar-refractivity contribution in [2.45, 2.75) is 26.8 Å². The van der Waals surface area contributed by atoms with E-state index >= 15 is 0 Å². The van der Waals surface area contributed by atoms with Crippen molar-refractivity contribution in [1.82, 2.24) is 19.5 Å². The number of nitrogens with one attached hydrogen (secondary N) is 1. The molecule has 0 unspecified atom stereocenters. The minimum atomic E-state index is -0.956. The largest absolute Gasteiger partial charge is 1.00 e. The zero-order chi connectivity index (χ0) is 18.0. The fourth-order valence-corrected chi connectivity index (χ4v) is 2.68. The van der Waals surface area contributed by atoms with Gasteiger partial charge in [0, 0.05) is 17.9 Å². The smallest absolute Gasteiger partial charge is 1.00 e. The van der Waals surface area contributed by atoms with Crippen LogP contribution in [0.3, 0.4) is 0 Å². The molecule has 0 fully saturated rings. The predicted molar refractivity (Wildman–Crippen MR) is 96.2 cm³/mol. The summed E-state index contributed by atoms with van der Waals surface area (Å²) in [5.41, 5.74) is 2.65. The van der Waals surface area contributed by atoms with Crippen LogP contribution in [0.2, 0.25) is 0 Å². The topological polar surface area (TPSA) is 92.9 Å². The zero-order valence-corrected chi connectivity index (χ0v) is 15.3. The molecule has 0 saturated carbocycles. The predicted octanol–water partition coefficient (Wildman–Crippen LogP) is 0.788. The van der Waals surface area contributed by atoms with Crippen LogP contribution in [0, 0.1) is 6.92 Å². The molecule has 2 heterocycles. The van der Waals surface area contributed by atoms with Gasteiger partial charge in [-0.3, -0.25) is 0 Å². The number of anilines is 2. The molecular formula is C18H20LiN5O2. The molecule has 0 radical (unpaired) electrons. The molecule has 0 aliphatic heterocycles. The molecule has 0 amide bonds. The van der Waals surface area contributed by atoms with Crippen molar-refractivity contribution in [3.05, 3.63) is 54.1 Å². The summed E-state index contributed by atoms with van der Waals surface area (Å²) in [7, 11) is 0. The molecule has 3 rings (SSSR count). The van der Waals surface area contributed by atoms with Crippen molar-refractivity contribution in [1.29, 1.82) is 0 Å². The summed E-state index contributed by atoms with van der Waals surface area (Å²) in [5, 5.41) is 12.0. The average Bonchev–Trinajstić information content (AvgIpc) is 2.97. The Bertz CT molecular complexity index is 912. The summed E-state index contributed by atoms with van der Waals surface area (Å²) in [6.07, 6.45) is 3.49. The van der Waals surface area contributed by atoms with E-state index in [-0.39, 0.29) is 31.9 Å². The van der Waals surface area contributed by atoms with Crippen LogP contribution in [0.5, 0.6) is 0 Å². The third kappa shape index (κ3) is 4.13. The van der Waals surface area contributed by atoms with Crippen molar-refractivity contribution < 1.29 is 30.2 Å². The van der Waals surface area contributed by atoms with Gasteiger partial charge in [0.05, 0.1) is 23.1 Å². The molecule has 1 aromatic carbocycles. The first kappa shape index (κ1) is 19.7. The van der Waals surface area contributed by atoms with E-state index in [1.54, 1.807) is 18.3 Å². The van der Waals surface area contributed by atoms with Crippen LogP contribution in [0.1, 0.15) is 37.5 Å². The average molecular weight is 345 g/mol. The number of imidazole rings is 1. The maximum atomic E-state index is 10.9. The van der Waals surface area contributed by atoms with Crippen LogP contribution >= 0.6 is 0 Å². The van der Waals surface area contributed by atoms with Gasteiger partial charge < -0.3 is 16.4 Å². The molecule has 2 N–H and O–H groups in total. The van der Waals surface area contributed by atoms with Gasteiger partial charge in [0.15, 0.2) is 0 Å². The quantitative estimate of drug-likeness (QED) is 0.664. The number of aromatic nitrogens is 4. The van der Waals surface area contributed by atoms with Gasteiger partial charge >= 0.3 is 24.8 Å². The monoisotopic (exact) mass is 345 g/mol. The zero-order valence-electron chi connectivity index (χ0n) is 16.3. The number of carboxylic acids is 1. The van der Waals surface area contributed by atoms with E-state index in [1.807, 2.05) is 19.2 Å². The van der Waals surface area contributed by atoms with Gasteiger partial charge in [0.1, 0.15) is 5.82 Å². The summed E-state index contributed by atoms with van der Waals surface area (Å²) in [4.78, 5) is 24.1. The van der Waals surface area contributed by atoms with Crippen molar-refractivity contribution in [2.75, 3.05) is 5.32 Å². The van der Waals surface area contributed by atoms with Crippen molar-refractivity contribution >= 4 is 17.6 Å². The number of carbonyl (C=O) groups is 1. The van der Waals surface area contributed by atoms with Crippen LogP contribution in [0.15, 0.2) is 42.7 Å². The third-order valence-electron chi connectivity index (χ3n) is 3.80. The molecule has 0 bridgehead atoms. The van der Waals surface area contributed by atoms with Crippen LogP contribution < -0.4 is 24.2 Å². The van der Waals surface area contributed by atoms with Crippen molar-refractivity contribution in [3.63, 3.8) is 0 Å². The van der Waals surface area contributed by atoms with Gasteiger partial charge in [0.2, 0.25) is 5.95 Å². The third-order valence-corrected chi connectivity index (χ3v) is 3.80. The van der Waals surface area contributed by atoms with Crippen LogP contribution in [-0.4, -0.2) is 30.6 Å². The minimum Gasteiger partial charge on any atom is -1.00 e. The summed E-state index contributed by atoms with van der Waals surface area (Å²) in [6.45, 7) is 6.17. The van der Waals surface area contributed by atoms with E-state index in [1.165, 1.54) is 12.1 Å². The van der Waals surface area contributed by atoms with Gasteiger partial charge in [-0.05, 0) is 51.1 Å². The Hall–Kier alpha value is -2.62. The number of hydrogen-bond donors (Lipinski definition) is 2. The number of nitrogens with zero attached hydrogens (tertiary/aromatic N) is 4. The summed E-state index contributed by atoms with van der Waals surface area (Å²) in [5.74, 6) is 0.416. The molecular weight excluding hydrogens is 325 g/mol. The molecule has 0 spiro atoms. The Kier molecular flexibility index (Phi) is 6.19. The number of carboxylic acid groups (broad SMARTS) is 1. The van der Waals surface area contributed by atoms with Gasteiger partial charge in [-0.1, -0.05) is 0 Å². The van der Waals surface area contributed by atoms with E-state index in [9.17, 15) is 4.79 Å². The van der Waals surface area contributed by atoms with E-state index in [0.29, 0.717) is 5.95 Å². The van der Waals surface area contributed by atoms with Crippen molar-refractivity contribution in [2.24, 2.45) is 0 Å². The maximum Gasteiger partial charge on any atom is 1.00 e. The van der Waals surface area contributed by atoms with E-state index in [2.05, 4.69) is 38.7 Å². The Balaban J connectivity index is 0.00000182. The molecule has 8 heteroatoms. The van der Waals surface area contributed by atoms with Gasteiger partial charge in [-0.15, -0.1) is 0 Å². The fraction of sp³-hybridized carbons (Fsp3) is 0.222. The molecule has 7 nitrogen and oxygen atoms in total. The Labute approximate surface area is 165 Å². The number of benzene rings is 1. The molecule has 130 valence electrons.